The Morgan fingerprint density at radius 3 is 2.73 bits per heavy atom. The first kappa shape index (κ1) is 14.2. The minimum Gasteiger partial charge on any atom is -0.330 e. The molecule has 0 aliphatic carbocycles. The first-order valence-electron chi connectivity index (χ1n) is 6.68. The number of nitrogens with zero attached hydrogens (tertiary/aromatic N) is 1. The van der Waals surface area contributed by atoms with Gasteiger partial charge in [-0.1, -0.05) is 29.8 Å². The highest BCUT2D eigenvalue weighted by Gasteiger charge is 2.10. The maximum absolute atomic E-state index is 12.4. The number of aromatic amines is 1. The van der Waals surface area contributed by atoms with E-state index in [1.54, 1.807) is 36.4 Å². The normalized spacial score (nSPS) is 10.6. The van der Waals surface area contributed by atoms with Crippen molar-refractivity contribution >= 4 is 29.0 Å². The molecule has 0 saturated carbocycles. The number of amides is 1. The van der Waals surface area contributed by atoms with E-state index in [0.717, 1.165) is 10.2 Å². The van der Waals surface area contributed by atoms with Gasteiger partial charge in [0.2, 0.25) is 0 Å². The molecule has 0 saturated heterocycles. The van der Waals surface area contributed by atoms with Crippen LogP contribution in [-0.2, 0) is 0 Å². The van der Waals surface area contributed by atoms with E-state index in [2.05, 4.69) is 10.4 Å². The molecule has 0 unspecified atom stereocenters. The number of aromatic nitrogens is 2. The van der Waals surface area contributed by atoms with Gasteiger partial charge in [0.15, 0.2) is 4.77 Å². The van der Waals surface area contributed by atoms with Crippen LogP contribution in [0.5, 0.6) is 0 Å². The number of hydrogen-bond donors (Lipinski definition) is 2. The number of hydrogen-bond acceptors (Lipinski definition) is 3. The Hall–Kier alpha value is -2.73. The summed E-state index contributed by atoms with van der Waals surface area (Å²) in [4.78, 5) is 27.7. The summed E-state index contributed by atoms with van der Waals surface area (Å²) in [5, 5.41) is 0.459. The zero-order valence-electron chi connectivity index (χ0n) is 11.8. The Labute approximate surface area is 131 Å². The Bertz CT molecular complexity index is 988. The van der Waals surface area contributed by atoms with Gasteiger partial charge in [-0.2, -0.15) is 4.68 Å². The number of aryl methyl sites for hydroxylation is 1. The van der Waals surface area contributed by atoms with Crippen molar-refractivity contribution in [2.45, 2.75) is 6.92 Å². The molecule has 0 spiro atoms. The third-order valence-electron chi connectivity index (χ3n) is 3.30. The van der Waals surface area contributed by atoms with Crippen molar-refractivity contribution in [1.29, 1.82) is 0 Å². The van der Waals surface area contributed by atoms with E-state index >= 15 is 0 Å². The number of benzene rings is 2. The molecule has 0 aliphatic heterocycles. The molecule has 0 fully saturated rings. The van der Waals surface area contributed by atoms with E-state index in [9.17, 15) is 9.59 Å². The van der Waals surface area contributed by atoms with Crippen LogP contribution in [0.15, 0.2) is 53.3 Å². The van der Waals surface area contributed by atoms with Crippen LogP contribution in [0.4, 0.5) is 0 Å². The average Bonchev–Trinajstić information content (AvgIpc) is 2.51. The van der Waals surface area contributed by atoms with Crippen LogP contribution in [0.25, 0.3) is 10.9 Å². The molecular formula is C16H13N3O2S. The Morgan fingerprint density at radius 1 is 1.18 bits per heavy atom. The van der Waals surface area contributed by atoms with Gasteiger partial charge in [0.05, 0.1) is 10.9 Å². The monoisotopic (exact) mass is 311 g/mol. The standard InChI is InChI=1S/C16H13N3O2S/c1-10-5-4-6-11(9-10)14(20)18-19-15(21)12-7-2-3-8-13(12)17-16(19)22/h2-9H,1H3,(H,17,22)(H,18,20). The smallest absolute Gasteiger partial charge is 0.281 e. The van der Waals surface area contributed by atoms with Gasteiger partial charge in [-0.15, -0.1) is 0 Å². The first-order chi connectivity index (χ1) is 10.6. The predicted octanol–water partition coefficient (Wildman–Crippen LogP) is 2.75. The number of nitrogens with one attached hydrogen (secondary N) is 2. The Kier molecular flexibility index (Phi) is 3.60. The SMILES string of the molecule is Cc1cccc(C(=O)Nn2c(=S)[nH]c3ccccc3c2=O)c1. The fourth-order valence-corrected chi connectivity index (χ4v) is 2.45. The molecule has 2 aromatic carbocycles. The maximum atomic E-state index is 12.4. The maximum Gasteiger partial charge on any atom is 0.281 e. The van der Waals surface area contributed by atoms with Crippen LogP contribution >= 0.6 is 12.2 Å². The second kappa shape index (κ2) is 5.57. The van der Waals surface area contributed by atoms with Gasteiger partial charge in [0.1, 0.15) is 0 Å². The van der Waals surface area contributed by atoms with Crippen LogP contribution in [0.3, 0.4) is 0 Å². The topological polar surface area (TPSA) is 66.9 Å². The van der Waals surface area contributed by atoms with Crippen molar-refractivity contribution in [2.24, 2.45) is 0 Å². The second-order valence-corrected chi connectivity index (χ2v) is 5.31. The van der Waals surface area contributed by atoms with Gasteiger partial charge in [0, 0.05) is 5.56 Å². The van der Waals surface area contributed by atoms with Crippen molar-refractivity contribution in [3.63, 3.8) is 0 Å². The first-order valence-corrected chi connectivity index (χ1v) is 7.09. The fraction of sp³-hybridized carbons (Fsp3) is 0.0625. The molecule has 0 atom stereocenters. The van der Waals surface area contributed by atoms with Gasteiger partial charge in [-0.3, -0.25) is 15.0 Å². The largest absolute Gasteiger partial charge is 0.330 e. The average molecular weight is 311 g/mol. The zero-order chi connectivity index (χ0) is 15.7. The molecule has 1 amide bonds. The molecule has 1 aromatic heterocycles. The van der Waals surface area contributed by atoms with Crippen LogP contribution in [-0.4, -0.2) is 15.6 Å². The van der Waals surface area contributed by atoms with Gasteiger partial charge < -0.3 is 4.98 Å². The summed E-state index contributed by atoms with van der Waals surface area (Å²) in [6.45, 7) is 1.89. The molecule has 1 heterocycles. The molecule has 110 valence electrons. The minimum atomic E-state index is -0.388. The van der Waals surface area contributed by atoms with Crippen molar-refractivity contribution < 1.29 is 4.79 Å². The number of carbonyl (C=O) groups excluding carboxylic acids is 1. The lowest BCUT2D eigenvalue weighted by molar-refractivity contribution is 0.101. The Morgan fingerprint density at radius 2 is 1.95 bits per heavy atom. The lowest BCUT2D eigenvalue weighted by atomic mass is 10.1. The summed E-state index contributed by atoms with van der Waals surface area (Å²) in [6.07, 6.45) is 0. The van der Waals surface area contributed by atoms with E-state index in [1.807, 2.05) is 19.1 Å². The highest BCUT2D eigenvalue weighted by Crippen LogP contribution is 2.07. The summed E-state index contributed by atoms with van der Waals surface area (Å²) >= 11 is 5.15. The zero-order valence-corrected chi connectivity index (χ0v) is 12.6. The number of fused-ring (bicyclic) bond motifs is 1. The molecule has 5 nitrogen and oxygen atoms in total. The molecule has 3 aromatic rings. The lowest BCUT2D eigenvalue weighted by Crippen LogP contribution is -2.34. The van der Waals surface area contributed by atoms with E-state index < -0.39 is 0 Å². The van der Waals surface area contributed by atoms with Crippen LogP contribution in [0.2, 0.25) is 0 Å². The number of rotatable bonds is 2. The minimum absolute atomic E-state index is 0.143. The van der Waals surface area contributed by atoms with E-state index in [1.165, 1.54) is 0 Å². The fourth-order valence-electron chi connectivity index (χ4n) is 2.22. The third-order valence-corrected chi connectivity index (χ3v) is 3.58. The third kappa shape index (κ3) is 2.56. The van der Waals surface area contributed by atoms with Crippen LogP contribution in [0.1, 0.15) is 15.9 Å². The van der Waals surface area contributed by atoms with Gasteiger partial charge in [-0.05, 0) is 43.4 Å². The molecular weight excluding hydrogens is 298 g/mol. The van der Waals surface area contributed by atoms with Crippen molar-refractivity contribution in [2.75, 3.05) is 5.43 Å². The summed E-state index contributed by atoms with van der Waals surface area (Å²) in [6, 6.07) is 14.1. The molecule has 22 heavy (non-hydrogen) atoms. The number of para-hydroxylation sites is 1. The molecule has 3 rings (SSSR count). The molecule has 0 radical (unpaired) electrons. The highest BCUT2D eigenvalue weighted by atomic mass is 32.1. The quantitative estimate of drug-likeness (QED) is 0.715. The molecule has 2 N–H and O–H groups in total. The lowest BCUT2D eigenvalue weighted by Gasteiger charge is -2.10. The van der Waals surface area contributed by atoms with Gasteiger partial charge in [0.25, 0.3) is 11.5 Å². The van der Waals surface area contributed by atoms with Gasteiger partial charge in [-0.25, -0.2) is 0 Å². The van der Waals surface area contributed by atoms with Crippen molar-refractivity contribution in [3.05, 3.63) is 74.8 Å². The number of H-pyrrole nitrogens is 1. The van der Waals surface area contributed by atoms with E-state index in [-0.39, 0.29) is 16.2 Å². The van der Waals surface area contributed by atoms with Crippen LogP contribution in [0, 0.1) is 11.7 Å². The van der Waals surface area contributed by atoms with E-state index in [0.29, 0.717) is 16.5 Å². The summed E-state index contributed by atoms with van der Waals surface area (Å²) < 4.78 is 1.20. The summed E-state index contributed by atoms with van der Waals surface area (Å²) in [5.74, 6) is -0.388. The molecule has 0 aliphatic rings. The summed E-state index contributed by atoms with van der Waals surface area (Å²) in [5.41, 5.74) is 4.25. The number of carbonyl (C=O) groups is 1. The van der Waals surface area contributed by atoms with Crippen molar-refractivity contribution in [1.82, 2.24) is 9.66 Å². The highest BCUT2D eigenvalue weighted by molar-refractivity contribution is 7.71. The predicted molar refractivity (Wildman–Crippen MR) is 88.3 cm³/mol. The molecule has 6 heteroatoms. The van der Waals surface area contributed by atoms with Crippen molar-refractivity contribution in [3.8, 4) is 0 Å². The van der Waals surface area contributed by atoms with Crippen LogP contribution < -0.4 is 11.0 Å². The van der Waals surface area contributed by atoms with E-state index in [4.69, 9.17) is 12.2 Å². The second-order valence-electron chi connectivity index (χ2n) is 4.93. The van der Waals surface area contributed by atoms with Gasteiger partial charge >= 0.3 is 0 Å². The molecule has 0 bridgehead atoms. The Balaban J connectivity index is 2.06. The summed E-state index contributed by atoms with van der Waals surface area (Å²) in [7, 11) is 0.